The summed E-state index contributed by atoms with van der Waals surface area (Å²) in [6.45, 7) is 1.96. The molecule has 0 aliphatic heterocycles. The molecular weight excluding hydrogens is 252 g/mol. The van der Waals surface area contributed by atoms with Gasteiger partial charge >= 0.3 is 5.97 Å². The average Bonchev–Trinajstić information content (AvgIpc) is 3.23. The van der Waals surface area contributed by atoms with E-state index in [2.05, 4.69) is 0 Å². The lowest BCUT2D eigenvalue weighted by Gasteiger charge is -2.09. The number of ether oxygens (including phenoxy) is 1. The summed E-state index contributed by atoms with van der Waals surface area (Å²) in [4.78, 5) is 11.3. The lowest BCUT2D eigenvalue weighted by Crippen LogP contribution is -2.00. The molecule has 20 heavy (non-hydrogen) atoms. The first-order valence-corrected chi connectivity index (χ1v) is 6.74. The van der Waals surface area contributed by atoms with Crippen molar-refractivity contribution in [3.63, 3.8) is 0 Å². The predicted molar refractivity (Wildman–Crippen MR) is 77.2 cm³/mol. The third-order valence-corrected chi connectivity index (χ3v) is 3.40. The van der Waals surface area contributed by atoms with Crippen molar-refractivity contribution in [3.8, 4) is 16.9 Å². The summed E-state index contributed by atoms with van der Waals surface area (Å²) >= 11 is 0. The zero-order valence-corrected chi connectivity index (χ0v) is 11.3. The van der Waals surface area contributed by atoms with Gasteiger partial charge in [-0.1, -0.05) is 29.8 Å². The highest BCUT2D eigenvalue weighted by atomic mass is 16.5. The van der Waals surface area contributed by atoms with Gasteiger partial charge in [-0.3, -0.25) is 0 Å². The second-order valence-corrected chi connectivity index (χ2v) is 5.20. The van der Waals surface area contributed by atoms with Crippen molar-refractivity contribution in [2.24, 2.45) is 0 Å². The third kappa shape index (κ3) is 2.67. The molecule has 1 N–H and O–H groups in total. The van der Waals surface area contributed by atoms with Gasteiger partial charge < -0.3 is 9.84 Å². The van der Waals surface area contributed by atoms with Gasteiger partial charge in [-0.15, -0.1) is 0 Å². The second-order valence-electron chi connectivity index (χ2n) is 5.20. The number of aromatic carboxylic acids is 1. The molecule has 0 heterocycles. The van der Waals surface area contributed by atoms with E-state index in [4.69, 9.17) is 4.74 Å². The van der Waals surface area contributed by atoms with Crippen LogP contribution in [0.25, 0.3) is 11.1 Å². The summed E-state index contributed by atoms with van der Waals surface area (Å²) in [5, 5.41) is 9.27. The maximum Gasteiger partial charge on any atom is 0.336 e. The first-order chi connectivity index (χ1) is 9.63. The van der Waals surface area contributed by atoms with Crippen LogP contribution in [0.5, 0.6) is 5.75 Å². The van der Waals surface area contributed by atoms with Crippen LogP contribution < -0.4 is 4.74 Å². The minimum absolute atomic E-state index is 0.325. The van der Waals surface area contributed by atoms with Gasteiger partial charge in [0, 0.05) is 0 Å². The van der Waals surface area contributed by atoms with E-state index < -0.39 is 5.97 Å². The van der Waals surface area contributed by atoms with Gasteiger partial charge in [0.2, 0.25) is 0 Å². The van der Waals surface area contributed by atoms with Crippen LogP contribution in [-0.2, 0) is 0 Å². The number of hydrogen-bond donors (Lipinski definition) is 1. The van der Waals surface area contributed by atoms with Crippen LogP contribution in [-0.4, -0.2) is 17.2 Å². The Balaban J connectivity index is 1.94. The van der Waals surface area contributed by atoms with E-state index in [0.717, 1.165) is 35.3 Å². The molecule has 1 saturated carbocycles. The van der Waals surface area contributed by atoms with Crippen molar-refractivity contribution >= 4 is 5.97 Å². The summed E-state index contributed by atoms with van der Waals surface area (Å²) in [6.07, 6.45) is 2.63. The van der Waals surface area contributed by atoms with Crippen LogP contribution in [0, 0.1) is 6.92 Å². The van der Waals surface area contributed by atoms with E-state index in [-0.39, 0.29) is 0 Å². The molecule has 0 bridgehead atoms. The number of aryl methyl sites for hydroxylation is 1. The highest BCUT2D eigenvalue weighted by molar-refractivity contribution is 5.96. The molecule has 0 amide bonds. The minimum Gasteiger partial charge on any atom is -0.490 e. The van der Waals surface area contributed by atoms with Crippen molar-refractivity contribution in [2.75, 3.05) is 0 Å². The molecule has 0 radical (unpaired) electrons. The van der Waals surface area contributed by atoms with E-state index in [1.807, 2.05) is 43.3 Å². The number of rotatable bonds is 4. The summed E-state index contributed by atoms with van der Waals surface area (Å²) < 4.78 is 5.70. The highest BCUT2D eigenvalue weighted by Crippen LogP contribution is 2.30. The van der Waals surface area contributed by atoms with E-state index in [9.17, 15) is 9.90 Å². The Morgan fingerprint density at radius 2 is 1.85 bits per heavy atom. The highest BCUT2D eigenvalue weighted by Gasteiger charge is 2.23. The van der Waals surface area contributed by atoms with Crippen molar-refractivity contribution in [3.05, 3.63) is 53.6 Å². The van der Waals surface area contributed by atoms with Crippen LogP contribution in [0.4, 0.5) is 0 Å². The number of benzene rings is 2. The fourth-order valence-electron chi connectivity index (χ4n) is 2.17. The van der Waals surface area contributed by atoms with Crippen LogP contribution in [0.3, 0.4) is 0 Å². The van der Waals surface area contributed by atoms with E-state index >= 15 is 0 Å². The van der Waals surface area contributed by atoms with Crippen molar-refractivity contribution < 1.29 is 14.6 Å². The van der Waals surface area contributed by atoms with Crippen LogP contribution in [0.2, 0.25) is 0 Å². The second kappa shape index (κ2) is 5.00. The smallest absolute Gasteiger partial charge is 0.336 e. The fraction of sp³-hybridized carbons (Fsp3) is 0.235. The predicted octanol–water partition coefficient (Wildman–Crippen LogP) is 3.90. The van der Waals surface area contributed by atoms with Gasteiger partial charge in [0.15, 0.2) is 0 Å². The molecule has 1 aliphatic carbocycles. The van der Waals surface area contributed by atoms with E-state index in [1.165, 1.54) is 0 Å². The van der Waals surface area contributed by atoms with Gasteiger partial charge in [0.05, 0.1) is 11.7 Å². The molecule has 102 valence electrons. The van der Waals surface area contributed by atoms with Crippen LogP contribution >= 0.6 is 0 Å². The lowest BCUT2D eigenvalue weighted by atomic mass is 9.97. The quantitative estimate of drug-likeness (QED) is 0.914. The van der Waals surface area contributed by atoms with Gasteiger partial charge in [-0.25, -0.2) is 4.79 Å². The molecule has 0 unspecified atom stereocenters. The van der Waals surface area contributed by atoms with Crippen molar-refractivity contribution in [1.29, 1.82) is 0 Å². The Morgan fingerprint density at radius 3 is 2.45 bits per heavy atom. The molecule has 2 aromatic carbocycles. The molecule has 0 aromatic heterocycles. The molecule has 3 rings (SSSR count). The Bertz CT molecular complexity index is 640. The molecule has 0 atom stereocenters. The van der Waals surface area contributed by atoms with Gasteiger partial charge in [0.1, 0.15) is 5.75 Å². The Morgan fingerprint density at radius 1 is 1.15 bits per heavy atom. The molecule has 1 fully saturated rings. The van der Waals surface area contributed by atoms with Crippen molar-refractivity contribution in [2.45, 2.75) is 25.9 Å². The normalized spacial score (nSPS) is 14.1. The zero-order chi connectivity index (χ0) is 14.1. The Kier molecular flexibility index (Phi) is 3.18. The summed E-state index contributed by atoms with van der Waals surface area (Å²) in [7, 11) is 0. The first-order valence-electron chi connectivity index (χ1n) is 6.74. The summed E-state index contributed by atoms with van der Waals surface area (Å²) in [5.41, 5.74) is 3.01. The van der Waals surface area contributed by atoms with Crippen LogP contribution in [0.1, 0.15) is 28.8 Å². The standard InChI is InChI=1S/C17H16O3/c1-11-2-9-15(17(18)19)16(10-11)12-3-5-13(6-4-12)20-14-7-8-14/h2-6,9-10,14H,7-8H2,1H3,(H,18,19). The third-order valence-electron chi connectivity index (χ3n) is 3.40. The number of carbonyl (C=O) groups is 1. The molecule has 1 aliphatic rings. The number of carboxylic acid groups (broad SMARTS) is 1. The largest absolute Gasteiger partial charge is 0.490 e. The van der Waals surface area contributed by atoms with Crippen molar-refractivity contribution in [1.82, 2.24) is 0 Å². The zero-order valence-electron chi connectivity index (χ0n) is 11.3. The fourth-order valence-corrected chi connectivity index (χ4v) is 2.17. The van der Waals surface area contributed by atoms with E-state index in [1.54, 1.807) is 6.07 Å². The van der Waals surface area contributed by atoms with Crippen LogP contribution in [0.15, 0.2) is 42.5 Å². The maximum atomic E-state index is 11.3. The number of hydrogen-bond acceptors (Lipinski definition) is 2. The molecule has 3 heteroatoms. The number of carboxylic acids is 1. The SMILES string of the molecule is Cc1ccc(C(=O)O)c(-c2ccc(OC3CC3)cc2)c1. The van der Waals surface area contributed by atoms with Gasteiger partial charge in [-0.2, -0.15) is 0 Å². The summed E-state index contributed by atoms with van der Waals surface area (Å²) in [5.74, 6) is -0.0564. The average molecular weight is 268 g/mol. The summed E-state index contributed by atoms with van der Waals surface area (Å²) in [6, 6.07) is 13.0. The minimum atomic E-state index is -0.904. The molecule has 2 aromatic rings. The molecule has 0 saturated heterocycles. The molecule has 0 spiro atoms. The monoisotopic (exact) mass is 268 g/mol. The molecular formula is C17H16O3. The topological polar surface area (TPSA) is 46.5 Å². The van der Waals surface area contributed by atoms with Gasteiger partial charge in [-0.05, 0) is 49.1 Å². The first kappa shape index (κ1) is 12.7. The Hall–Kier alpha value is -2.29. The molecule has 3 nitrogen and oxygen atoms in total. The Labute approximate surface area is 117 Å². The van der Waals surface area contributed by atoms with E-state index in [0.29, 0.717) is 11.7 Å². The maximum absolute atomic E-state index is 11.3. The van der Waals surface area contributed by atoms with Gasteiger partial charge in [0.25, 0.3) is 0 Å². The lowest BCUT2D eigenvalue weighted by molar-refractivity contribution is 0.0697.